The Bertz CT molecular complexity index is 1820. The Labute approximate surface area is 348 Å². The van der Waals surface area contributed by atoms with Crippen LogP contribution in [0.25, 0.3) is 0 Å². The third-order valence-corrected chi connectivity index (χ3v) is 20.3. The first-order valence-electron chi connectivity index (χ1n) is 23.4. The molecular formula is C48H70N2O7S. The third kappa shape index (κ3) is 6.98. The lowest BCUT2D eigenvalue weighted by Gasteiger charge is -2.63. The number of carbonyl (C=O) groups excluding carboxylic acids is 3. The fourth-order valence-corrected chi connectivity index (χ4v) is 16.6. The molecule has 13 atom stereocenters. The molecule has 0 aromatic heterocycles. The molecule has 2 aliphatic heterocycles. The molecule has 0 bridgehead atoms. The standard InChI is InChI=1S/C48H70N2O7S/c1-31-37-16-14-35-34-18-22-48(45(53)50-23-9-12-33(50)29-49-24-26-58(54,55)27-25-49)20-8-13-39(48)36(34)15-17-38(35)47(37,4)21-19-42(31)57-44(52)41-28-40(46(41,2)3)43(51)56-30-32-10-6-5-7-11-32/h5-7,10-11,31,33-42H,8-9,12-30H2,1-4H3. The van der Waals surface area contributed by atoms with Gasteiger partial charge in [-0.1, -0.05) is 64.4 Å². The minimum absolute atomic E-state index is 0.0736. The van der Waals surface area contributed by atoms with Gasteiger partial charge in [-0.15, -0.1) is 0 Å². The maximum Gasteiger partial charge on any atom is 0.309 e. The molecule has 0 N–H and O–H groups in total. The molecule has 0 spiro atoms. The first-order chi connectivity index (χ1) is 27.7. The Morgan fingerprint density at radius 3 is 2.19 bits per heavy atom. The first kappa shape index (κ1) is 40.9. The number of amides is 1. The molecular weight excluding hydrogens is 749 g/mol. The summed E-state index contributed by atoms with van der Waals surface area (Å²) in [6.07, 6.45) is 15.1. The first-order valence-corrected chi connectivity index (χ1v) is 25.2. The summed E-state index contributed by atoms with van der Waals surface area (Å²) in [5.41, 5.74) is 0.518. The van der Waals surface area contributed by atoms with Gasteiger partial charge in [0.25, 0.3) is 0 Å². The minimum atomic E-state index is -2.92. The topological polar surface area (TPSA) is 110 Å². The molecule has 8 fully saturated rings. The van der Waals surface area contributed by atoms with Crippen molar-refractivity contribution in [3.8, 4) is 0 Å². The van der Waals surface area contributed by atoms with Gasteiger partial charge >= 0.3 is 11.9 Å². The highest BCUT2D eigenvalue weighted by atomic mass is 32.2. The van der Waals surface area contributed by atoms with Gasteiger partial charge in [-0.2, -0.15) is 0 Å². The third-order valence-electron chi connectivity index (χ3n) is 18.7. The zero-order valence-corrected chi connectivity index (χ0v) is 36.6. The number of esters is 2. The Morgan fingerprint density at radius 2 is 1.45 bits per heavy atom. The molecule has 1 aromatic carbocycles. The second kappa shape index (κ2) is 15.5. The van der Waals surface area contributed by atoms with E-state index in [1.54, 1.807) is 0 Å². The van der Waals surface area contributed by atoms with Gasteiger partial charge in [-0.25, -0.2) is 8.42 Å². The lowest BCUT2D eigenvalue weighted by molar-refractivity contribution is -0.195. The molecule has 6 saturated carbocycles. The number of hydrogen-bond donors (Lipinski definition) is 0. The van der Waals surface area contributed by atoms with Crippen molar-refractivity contribution in [3.63, 3.8) is 0 Å². The number of likely N-dealkylation sites (tertiary alicyclic amines) is 1. The Balaban J connectivity index is 0.810. The largest absolute Gasteiger partial charge is 0.462 e. The molecule has 1 aromatic rings. The van der Waals surface area contributed by atoms with E-state index in [4.69, 9.17) is 9.47 Å². The number of fused-ring (bicyclic) bond motifs is 7. The molecule has 9 rings (SSSR count). The second-order valence-corrected chi connectivity index (χ2v) is 23.7. The van der Waals surface area contributed by atoms with Crippen molar-refractivity contribution in [1.29, 1.82) is 0 Å². The van der Waals surface area contributed by atoms with E-state index in [1.165, 1.54) is 44.9 Å². The van der Waals surface area contributed by atoms with Gasteiger partial charge in [0.05, 0.1) is 28.8 Å². The molecule has 1 amide bonds. The van der Waals surface area contributed by atoms with E-state index in [-0.39, 0.29) is 64.9 Å². The van der Waals surface area contributed by atoms with Crippen molar-refractivity contribution in [2.24, 2.45) is 69.5 Å². The molecule has 6 aliphatic carbocycles. The maximum absolute atomic E-state index is 14.9. The van der Waals surface area contributed by atoms with Crippen LogP contribution in [0.4, 0.5) is 0 Å². The number of carbonyl (C=O) groups is 3. The van der Waals surface area contributed by atoms with E-state index >= 15 is 0 Å². The minimum Gasteiger partial charge on any atom is -0.462 e. The molecule has 0 radical (unpaired) electrons. The quantitative estimate of drug-likeness (QED) is 0.246. The summed E-state index contributed by atoms with van der Waals surface area (Å²) in [6.45, 7) is 12.1. The van der Waals surface area contributed by atoms with Crippen LogP contribution in [0.2, 0.25) is 0 Å². The van der Waals surface area contributed by atoms with Crippen LogP contribution < -0.4 is 0 Å². The number of ether oxygens (including phenoxy) is 2. The molecule has 8 aliphatic rings. The van der Waals surface area contributed by atoms with Crippen LogP contribution in [0.3, 0.4) is 0 Å². The fourth-order valence-electron chi connectivity index (χ4n) is 15.4. The normalized spacial score (nSPS) is 42.8. The predicted molar refractivity (Wildman–Crippen MR) is 223 cm³/mol. The van der Waals surface area contributed by atoms with E-state index < -0.39 is 15.3 Å². The number of sulfone groups is 1. The molecule has 10 heteroatoms. The second-order valence-electron chi connectivity index (χ2n) is 21.4. The van der Waals surface area contributed by atoms with E-state index in [9.17, 15) is 22.8 Å². The van der Waals surface area contributed by atoms with Crippen molar-refractivity contribution in [2.75, 3.05) is 37.7 Å². The monoisotopic (exact) mass is 818 g/mol. The van der Waals surface area contributed by atoms with Crippen LogP contribution in [0.15, 0.2) is 30.3 Å². The zero-order valence-electron chi connectivity index (χ0n) is 35.7. The summed E-state index contributed by atoms with van der Waals surface area (Å²) in [4.78, 5) is 46.3. The van der Waals surface area contributed by atoms with Crippen molar-refractivity contribution in [3.05, 3.63) is 35.9 Å². The predicted octanol–water partition coefficient (Wildman–Crippen LogP) is 7.71. The summed E-state index contributed by atoms with van der Waals surface area (Å²) in [7, 11) is -2.92. The average molecular weight is 819 g/mol. The van der Waals surface area contributed by atoms with E-state index in [1.807, 2.05) is 44.2 Å². The highest BCUT2D eigenvalue weighted by molar-refractivity contribution is 7.91. The molecule has 2 saturated heterocycles. The smallest absolute Gasteiger partial charge is 0.309 e. The molecule has 2 heterocycles. The van der Waals surface area contributed by atoms with Crippen LogP contribution in [-0.4, -0.2) is 85.9 Å². The van der Waals surface area contributed by atoms with E-state index in [2.05, 4.69) is 23.6 Å². The van der Waals surface area contributed by atoms with E-state index in [0.717, 1.165) is 63.1 Å². The van der Waals surface area contributed by atoms with Crippen LogP contribution in [0, 0.1) is 69.5 Å². The average Bonchev–Trinajstić information content (AvgIpc) is 3.87. The summed E-state index contributed by atoms with van der Waals surface area (Å²) in [5, 5.41) is 0. The molecule has 320 valence electrons. The Hall–Kier alpha value is -2.46. The number of nitrogens with zero attached hydrogens (tertiary/aromatic N) is 2. The molecule has 58 heavy (non-hydrogen) atoms. The van der Waals surface area contributed by atoms with Crippen LogP contribution >= 0.6 is 0 Å². The van der Waals surface area contributed by atoms with E-state index in [0.29, 0.717) is 60.9 Å². The van der Waals surface area contributed by atoms with Crippen molar-refractivity contribution in [2.45, 2.75) is 136 Å². The van der Waals surface area contributed by atoms with Gasteiger partial charge in [-0.3, -0.25) is 19.3 Å². The lowest BCUT2D eigenvalue weighted by Crippen LogP contribution is -2.59. The summed E-state index contributed by atoms with van der Waals surface area (Å²) in [5.74, 6) is 4.12. The number of rotatable bonds is 8. The zero-order chi connectivity index (χ0) is 40.6. The van der Waals surface area contributed by atoms with Crippen LogP contribution in [0.1, 0.15) is 123 Å². The molecule has 9 nitrogen and oxygen atoms in total. The van der Waals surface area contributed by atoms with Crippen molar-refractivity contribution < 1.29 is 32.3 Å². The van der Waals surface area contributed by atoms with Gasteiger partial charge in [0.15, 0.2) is 9.84 Å². The SMILES string of the molecule is CC1C(OC(=O)C2CC(C(=O)OCc3ccccc3)C2(C)C)CCC2(C)C1CCC1C3CCC4(C(=O)N5CCCC5CN5CCS(=O)(=O)CC5)CCCC4C3CCC12. The summed E-state index contributed by atoms with van der Waals surface area (Å²) < 4.78 is 36.3. The van der Waals surface area contributed by atoms with Gasteiger partial charge in [0, 0.05) is 32.2 Å². The fraction of sp³-hybridized carbons (Fsp3) is 0.812. The number of benzene rings is 1. The maximum atomic E-state index is 14.9. The van der Waals surface area contributed by atoms with Crippen LogP contribution in [-0.2, 0) is 40.3 Å². The Morgan fingerprint density at radius 1 is 0.741 bits per heavy atom. The molecule has 13 unspecified atom stereocenters. The lowest BCUT2D eigenvalue weighted by atomic mass is 9.42. The summed E-state index contributed by atoms with van der Waals surface area (Å²) >= 11 is 0. The Kier molecular flexibility index (Phi) is 10.9. The van der Waals surface area contributed by atoms with Crippen molar-refractivity contribution >= 4 is 27.7 Å². The van der Waals surface area contributed by atoms with Gasteiger partial charge in [0.2, 0.25) is 5.91 Å². The highest BCUT2D eigenvalue weighted by Crippen LogP contribution is 2.68. The number of hydrogen-bond acceptors (Lipinski definition) is 8. The van der Waals surface area contributed by atoms with Crippen LogP contribution in [0.5, 0.6) is 0 Å². The van der Waals surface area contributed by atoms with Gasteiger partial charge < -0.3 is 14.4 Å². The van der Waals surface area contributed by atoms with Gasteiger partial charge in [-0.05, 0) is 141 Å². The highest BCUT2D eigenvalue weighted by Gasteiger charge is 2.64. The van der Waals surface area contributed by atoms with Gasteiger partial charge in [0.1, 0.15) is 12.7 Å². The summed E-state index contributed by atoms with van der Waals surface area (Å²) in [6, 6.07) is 9.96. The van der Waals surface area contributed by atoms with Crippen molar-refractivity contribution in [1.82, 2.24) is 9.80 Å².